The van der Waals surface area contributed by atoms with Crippen molar-refractivity contribution in [2.75, 3.05) is 12.4 Å². The van der Waals surface area contributed by atoms with Crippen LogP contribution in [0.3, 0.4) is 0 Å². The molecule has 0 aromatic heterocycles. The number of halogens is 1. The van der Waals surface area contributed by atoms with Gasteiger partial charge in [0.2, 0.25) is 5.91 Å². The molecule has 0 heterocycles. The fourth-order valence-corrected chi connectivity index (χ4v) is 1.94. The van der Waals surface area contributed by atoms with Gasteiger partial charge >= 0.3 is 0 Å². The van der Waals surface area contributed by atoms with Gasteiger partial charge in [-0.2, -0.15) is 0 Å². The summed E-state index contributed by atoms with van der Waals surface area (Å²) in [6.07, 6.45) is 0.184. The highest BCUT2D eigenvalue weighted by atomic mass is 35.5. The van der Waals surface area contributed by atoms with E-state index in [4.69, 9.17) is 16.3 Å². The van der Waals surface area contributed by atoms with Crippen LogP contribution in [0, 0.1) is 0 Å². The predicted octanol–water partition coefficient (Wildman–Crippen LogP) is 3.24. The monoisotopic (exact) mass is 291 g/mol. The van der Waals surface area contributed by atoms with Gasteiger partial charge in [0, 0.05) is 5.02 Å². The smallest absolute Gasteiger partial charge is 0.228 e. The molecule has 0 saturated heterocycles. The van der Waals surface area contributed by atoms with Gasteiger partial charge in [0.1, 0.15) is 11.5 Å². The number of benzene rings is 2. The van der Waals surface area contributed by atoms with E-state index in [1.54, 1.807) is 19.2 Å². The number of anilines is 1. The highest BCUT2D eigenvalue weighted by molar-refractivity contribution is 6.31. The second-order valence-corrected chi connectivity index (χ2v) is 4.67. The van der Waals surface area contributed by atoms with Crippen LogP contribution in [-0.2, 0) is 11.2 Å². The number of hydrogen-bond donors (Lipinski definition) is 2. The highest BCUT2D eigenvalue weighted by Crippen LogP contribution is 2.26. The molecule has 0 saturated carbocycles. The summed E-state index contributed by atoms with van der Waals surface area (Å²) in [7, 11) is 1.57. The normalized spacial score (nSPS) is 10.1. The molecule has 0 bridgehead atoms. The fraction of sp³-hybridized carbons (Fsp3) is 0.133. The van der Waals surface area contributed by atoms with Gasteiger partial charge in [-0.05, 0) is 35.9 Å². The number of aromatic hydroxyl groups is 1. The molecular formula is C15H14ClNO3. The minimum Gasteiger partial charge on any atom is -0.506 e. The number of phenolic OH excluding ortho intramolecular Hbond substituents is 1. The molecule has 20 heavy (non-hydrogen) atoms. The SMILES string of the molecule is COc1cccc(CC(=O)Nc2cc(Cl)ccc2O)c1. The predicted molar refractivity (Wildman–Crippen MR) is 78.4 cm³/mol. The molecule has 2 aromatic carbocycles. The van der Waals surface area contributed by atoms with Crippen molar-refractivity contribution >= 4 is 23.2 Å². The first-order valence-electron chi connectivity index (χ1n) is 6.00. The lowest BCUT2D eigenvalue weighted by Crippen LogP contribution is -2.14. The van der Waals surface area contributed by atoms with Crippen LogP contribution in [0.2, 0.25) is 5.02 Å². The van der Waals surface area contributed by atoms with Crippen LogP contribution in [0.15, 0.2) is 42.5 Å². The molecule has 0 aliphatic rings. The van der Waals surface area contributed by atoms with Gasteiger partial charge in [0.15, 0.2) is 0 Å². The Hall–Kier alpha value is -2.20. The number of phenols is 1. The first kappa shape index (κ1) is 14.2. The second kappa shape index (κ2) is 6.30. The van der Waals surface area contributed by atoms with Crippen LogP contribution in [0.1, 0.15) is 5.56 Å². The number of carbonyl (C=O) groups is 1. The molecule has 0 aliphatic heterocycles. The van der Waals surface area contributed by atoms with Gasteiger partial charge in [0.25, 0.3) is 0 Å². The lowest BCUT2D eigenvalue weighted by Gasteiger charge is -2.08. The van der Waals surface area contributed by atoms with E-state index in [1.165, 1.54) is 12.1 Å². The molecule has 2 aromatic rings. The van der Waals surface area contributed by atoms with Gasteiger partial charge in [-0.15, -0.1) is 0 Å². The first-order valence-corrected chi connectivity index (χ1v) is 6.37. The molecule has 0 spiro atoms. The van der Waals surface area contributed by atoms with Crippen molar-refractivity contribution in [3.63, 3.8) is 0 Å². The van der Waals surface area contributed by atoms with Gasteiger partial charge in [-0.3, -0.25) is 4.79 Å². The van der Waals surface area contributed by atoms with E-state index in [0.717, 1.165) is 5.56 Å². The summed E-state index contributed by atoms with van der Waals surface area (Å²) in [6.45, 7) is 0. The van der Waals surface area contributed by atoms with E-state index in [2.05, 4.69) is 5.32 Å². The molecule has 4 nitrogen and oxygen atoms in total. The van der Waals surface area contributed by atoms with Crippen molar-refractivity contribution in [3.05, 3.63) is 53.1 Å². The zero-order valence-electron chi connectivity index (χ0n) is 10.9. The van der Waals surface area contributed by atoms with Crippen molar-refractivity contribution in [1.29, 1.82) is 0 Å². The number of nitrogens with one attached hydrogen (secondary N) is 1. The van der Waals surface area contributed by atoms with Crippen molar-refractivity contribution < 1.29 is 14.6 Å². The van der Waals surface area contributed by atoms with Gasteiger partial charge in [0.05, 0.1) is 19.2 Å². The summed E-state index contributed by atoms with van der Waals surface area (Å²) in [5.41, 5.74) is 1.12. The Labute approximate surface area is 122 Å². The molecule has 0 unspecified atom stereocenters. The standard InChI is InChI=1S/C15H14ClNO3/c1-20-12-4-2-3-10(7-12)8-15(19)17-13-9-11(16)5-6-14(13)18/h2-7,9,18H,8H2,1H3,(H,17,19). The van der Waals surface area contributed by atoms with Crippen LogP contribution in [0.25, 0.3) is 0 Å². The van der Waals surface area contributed by atoms with Crippen LogP contribution < -0.4 is 10.1 Å². The maximum absolute atomic E-state index is 11.9. The van der Waals surface area contributed by atoms with Gasteiger partial charge in [-0.1, -0.05) is 23.7 Å². The highest BCUT2D eigenvalue weighted by Gasteiger charge is 2.08. The minimum atomic E-state index is -0.240. The number of carbonyl (C=O) groups excluding carboxylic acids is 1. The largest absolute Gasteiger partial charge is 0.506 e. The quantitative estimate of drug-likeness (QED) is 0.850. The van der Waals surface area contributed by atoms with E-state index in [1.807, 2.05) is 18.2 Å². The van der Waals surface area contributed by atoms with E-state index < -0.39 is 0 Å². The number of methoxy groups -OCH3 is 1. The van der Waals surface area contributed by atoms with Crippen molar-refractivity contribution in [2.24, 2.45) is 0 Å². The zero-order chi connectivity index (χ0) is 14.5. The first-order chi connectivity index (χ1) is 9.58. The molecule has 0 atom stereocenters. The molecule has 1 amide bonds. The molecule has 0 radical (unpaired) electrons. The molecule has 0 fully saturated rings. The topological polar surface area (TPSA) is 58.6 Å². The zero-order valence-corrected chi connectivity index (χ0v) is 11.6. The molecule has 0 aliphatic carbocycles. The Kier molecular flexibility index (Phi) is 4.48. The Morgan fingerprint density at radius 3 is 2.85 bits per heavy atom. The molecule has 5 heteroatoms. The molecular weight excluding hydrogens is 278 g/mol. The number of amides is 1. The lowest BCUT2D eigenvalue weighted by molar-refractivity contribution is -0.115. The van der Waals surface area contributed by atoms with E-state index in [0.29, 0.717) is 16.5 Å². The third-order valence-corrected chi connectivity index (χ3v) is 2.97. The van der Waals surface area contributed by atoms with E-state index >= 15 is 0 Å². The van der Waals surface area contributed by atoms with Gasteiger partial charge in [-0.25, -0.2) is 0 Å². The average Bonchev–Trinajstić information content (AvgIpc) is 2.43. The number of rotatable bonds is 4. The van der Waals surface area contributed by atoms with Crippen molar-refractivity contribution in [2.45, 2.75) is 6.42 Å². The number of hydrogen-bond acceptors (Lipinski definition) is 3. The van der Waals surface area contributed by atoms with Crippen LogP contribution in [0.4, 0.5) is 5.69 Å². The fourth-order valence-electron chi connectivity index (χ4n) is 1.77. The number of ether oxygens (including phenoxy) is 1. The van der Waals surface area contributed by atoms with Crippen LogP contribution in [-0.4, -0.2) is 18.1 Å². The Bertz CT molecular complexity index is 628. The molecule has 2 N–H and O–H groups in total. The third-order valence-electron chi connectivity index (χ3n) is 2.73. The summed E-state index contributed by atoms with van der Waals surface area (Å²) in [6, 6.07) is 11.7. The summed E-state index contributed by atoms with van der Waals surface area (Å²) < 4.78 is 5.10. The average molecular weight is 292 g/mol. The Morgan fingerprint density at radius 2 is 2.10 bits per heavy atom. The molecule has 104 valence electrons. The minimum absolute atomic E-state index is 0.0200. The van der Waals surface area contributed by atoms with E-state index in [-0.39, 0.29) is 18.1 Å². The summed E-state index contributed by atoms with van der Waals surface area (Å²) >= 11 is 5.82. The lowest BCUT2D eigenvalue weighted by atomic mass is 10.1. The maximum Gasteiger partial charge on any atom is 0.228 e. The van der Waals surface area contributed by atoms with Crippen LogP contribution >= 0.6 is 11.6 Å². The van der Waals surface area contributed by atoms with Crippen molar-refractivity contribution in [1.82, 2.24) is 0 Å². The summed E-state index contributed by atoms with van der Waals surface area (Å²) in [4.78, 5) is 11.9. The Morgan fingerprint density at radius 1 is 1.30 bits per heavy atom. The summed E-state index contributed by atoms with van der Waals surface area (Å²) in [5, 5.41) is 12.7. The third kappa shape index (κ3) is 3.65. The Balaban J connectivity index is 2.07. The maximum atomic E-state index is 11.9. The van der Waals surface area contributed by atoms with Crippen LogP contribution in [0.5, 0.6) is 11.5 Å². The van der Waals surface area contributed by atoms with Gasteiger partial charge < -0.3 is 15.2 Å². The summed E-state index contributed by atoms with van der Waals surface area (Å²) in [5.74, 6) is 0.435. The van der Waals surface area contributed by atoms with E-state index in [9.17, 15) is 9.90 Å². The second-order valence-electron chi connectivity index (χ2n) is 4.24. The van der Waals surface area contributed by atoms with Crippen molar-refractivity contribution in [3.8, 4) is 11.5 Å². The molecule has 2 rings (SSSR count).